The molecule has 0 spiro atoms. The Kier molecular flexibility index (Phi) is 3.85. The van der Waals surface area contributed by atoms with Crippen molar-refractivity contribution in [3.63, 3.8) is 0 Å². The highest BCUT2D eigenvalue weighted by Gasteiger charge is 2.15. The molecule has 0 unspecified atom stereocenters. The topological polar surface area (TPSA) is 49.3 Å². The smallest absolute Gasteiger partial charge is 0.337 e. The Morgan fingerprint density at radius 2 is 1.70 bits per heavy atom. The number of halogens is 4. The van der Waals surface area contributed by atoms with E-state index in [1.54, 1.807) is 0 Å². The van der Waals surface area contributed by atoms with Crippen LogP contribution in [0.3, 0.4) is 0 Å². The number of anilines is 2. The maximum absolute atomic E-state index is 13.2. The molecule has 0 saturated carbocycles. The van der Waals surface area contributed by atoms with Gasteiger partial charge in [0.15, 0.2) is 11.6 Å². The van der Waals surface area contributed by atoms with E-state index < -0.39 is 29.0 Å². The molecule has 0 heterocycles. The van der Waals surface area contributed by atoms with E-state index in [4.69, 9.17) is 16.7 Å². The number of aromatic carboxylic acids is 1. The molecule has 2 aromatic carbocycles. The zero-order chi connectivity index (χ0) is 14.9. The van der Waals surface area contributed by atoms with Gasteiger partial charge in [0.1, 0.15) is 5.82 Å². The number of hydrogen-bond acceptors (Lipinski definition) is 2. The van der Waals surface area contributed by atoms with Gasteiger partial charge in [-0.15, -0.1) is 0 Å². The average molecular weight is 302 g/mol. The number of carboxylic acids is 1. The molecule has 0 atom stereocenters. The molecule has 0 aliphatic carbocycles. The van der Waals surface area contributed by atoms with Gasteiger partial charge in [-0.2, -0.15) is 0 Å². The van der Waals surface area contributed by atoms with Gasteiger partial charge in [-0.05, 0) is 24.3 Å². The summed E-state index contributed by atoms with van der Waals surface area (Å²) < 4.78 is 39.2. The van der Waals surface area contributed by atoms with Crippen molar-refractivity contribution >= 4 is 28.9 Å². The minimum absolute atomic E-state index is 0.168. The van der Waals surface area contributed by atoms with Crippen molar-refractivity contribution in [1.82, 2.24) is 0 Å². The number of carboxylic acid groups (broad SMARTS) is 1. The minimum Gasteiger partial charge on any atom is -0.478 e. The number of rotatable bonds is 3. The molecule has 7 heteroatoms. The van der Waals surface area contributed by atoms with E-state index in [-0.39, 0.29) is 16.4 Å². The Balaban J connectivity index is 2.44. The molecule has 0 saturated heterocycles. The van der Waals surface area contributed by atoms with E-state index >= 15 is 0 Å². The summed E-state index contributed by atoms with van der Waals surface area (Å²) in [6, 6.07) is 4.81. The highest BCUT2D eigenvalue weighted by Crippen LogP contribution is 2.26. The van der Waals surface area contributed by atoms with Crippen LogP contribution in [0.1, 0.15) is 10.4 Å². The van der Waals surface area contributed by atoms with E-state index in [9.17, 15) is 18.0 Å². The van der Waals surface area contributed by atoms with Gasteiger partial charge < -0.3 is 10.4 Å². The zero-order valence-corrected chi connectivity index (χ0v) is 10.5. The van der Waals surface area contributed by atoms with Crippen LogP contribution >= 0.6 is 11.6 Å². The SMILES string of the molecule is O=C(O)c1cc(F)c(F)cc1Nc1ccc(F)c(Cl)c1. The Labute approximate surface area is 116 Å². The van der Waals surface area contributed by atoms with Gasteiger partial charge >= 0.3 is 5.97 Å². The molecule has 20 heavy (non-hydrogen) atoms. The average Bonchev–Trinajstić information content (AvgIpc) is 2.37. The molecule has 3 nitrogen and oxygen atoms in total. The second-order valence-electron chi connectivity index (χ2n) is 3.87. The summed E-state index contributed by atoms with van der Waals surface area (Å²) in [5, 5.41) is 11.3. The Bertz CT molecular complexity index is 692. The molecular formula is C13H7ClF3NO2. The number of benzene rings is 2. The molecule has 2 rings (SSSR count). The van der Waals surface area contributed by atoms with Gasteiger partial charge in [0, 0.05) is 11.8 Å². The first kappa shape index (κ1) is 14.2. The van der Waals surface area contributed by atoms with E-state index in [0.29, 0.717) is 12.1 Å². The molecule has 0 radical (unpaired) electrons. The van der Waals surface area contributed by atoms with Crippen LogP contribution in [0.4, 0.5) is 24.5 Å². The molecular weight excluding hydrogens is 295 g/mol. The summed E-state index contributed by atoms with van der Waals surface area (Å²) >= 11 is 5.57. The highest BCUT2D eigenvalue weighted by molar-refractivity contribution is 6.31. The van der Waals surface area contributed by atoms with Crippen LogP contribution in [0, 0.1) is 17.5 Å². The molecule has 2 aromatic rings. The second-order valence-corrected chi connectivity index (χ2v) is 4.28. The quantitative estimate of drug-likeness (QED) is 0.893. The predicted octanol–water partition coefficient (Wildman–Crippen LogP) is 4.20. The maximum Gasteiger partial charge on any atom is 0.337 e. The van der Waals surface area contributed by atoms with Gasteiger partial charge in [-0.1, -0.05) is 11.6 Å². The summed E-state index contributed by atoms with van der Waals surface area (Å²) in [6.07, 6.45) is 0. The maximum atomic E-state index is 13.2. The Morgan fingerprint density at radius 1 is 1.05 bits per heavy atom. The van der Waals surface area contributed by atoms with Crippen molar-refractivity contribution in [3.8, 4) is 0 Å². The monoisotopic (exact) mass is 301 g/mol. The lowest BCUT2D eigenvalue weighted by molar-refractivity contribution is 0.0697. The van der Waals surface area contributed by atoms with Gasteiger partial charge in [0.25, 0.3) is 0 Å². The largest absolute Gasteiger partial charge is 0.478 e. The summed E-state index contributed by atoms with van der Waals surface area (Å²) in [7, 11) is 0. The fraction of sp³-hybridized carbons (Fsp3) is 0. The molecule has 0 bridgehead atoms. The molecule has 0 fully saturated rings. The van der Waals surface area contributed by atoms with Crippen molar-refractivity contribution in [3.05, 3.63) is 58.4 Å². The predicted molar refractivity (Wildman–Crippen MR) is 68.0 cm³/mol. The van der Waals surface area contributed by atoms with Crippen LogP contribution in [-0.2, 0) is 0 Å². The lowest BCUT2D eigenvalue weighted by Crippen LogP contribution is -2.05. The summed E-state index contributed by atoms with van der Waals surface area (Å²) in [5.41, 5.74) is -0.381. The Hall–Kier alpha value is -2.21. The van der Waals surface area contributed by atoms with Crippen LogP contribution in [0.2, 0.25) is 5.02 Å². The van der Waals surface area contributed by atoms with Crippen LogP contribution < -0.4 is 5.32 Å². The van der Waals surface area contributed by atoms with Gasteiger partial charge in [0.2, 0.25) is 0 Å². The molecule has 0 amide bonds. The van der Waals surface area contributed by atoms with E-state index in [1.807, 2.05) is 0 Å². The number of carbonyl (C=O) groups is 1. The third-order valence-electron chi connectivity index (χ3n) is 2.49. The molecule has 104 valence electrons. The van der Waals surface area contributed by atoms with Gasteiger partial charge in [-0.25, -0.2) is 18.0 Å². The minimum atomic E-state index is -1.43. The van der Waals surface area contributed by atoms with Crippen molar-refractivity contribution in [1.29, 1.82) is 0 Å². The van der Waals surface area contributed by atoms with Crippen molar-refractivity contribution < 1.29 is 23.1 Å². The first-order valence-electron chi connectivity index (χ1n) is 5.33. The van der Waals surface area contributed by atoms with Crippen LogP contribution in [-0.4, -0.2) is 11.1 Å². The first-order valence-corrected chi connectivity index (χ1v) is 5.70. The lowest BCUT2D eigenvalue weighted by Gasteiger charge is -2.10. The fourth-order valence-electron chi connectivity index (χ4n) is 1.56. The van der Waals surface area contributed by atoms with Crippen molar-refractivity contribution in [2.45, 2.75) is 0 Å². The number of hydrogen-bond donors (Lipinski definition) is 2. The van der Waals surface area contributed by atoms with E-state index in [2.05, 4.69) is 5.32 Å². The molecule has 0 aromatic heterocycles. The fourth-order valence-corrected chi connectivity index (χ4v) is 1.74. The summed E-state index contributed by atoms with van der Waals surface area (Å²) in [5.74, 6) is -4.56. The highest BCUT2D eigenvalue weighted by atomic mass is 35.5. The summed E-state index contributed by atoms with van der Waals surface area (Å²) in [4.78, 5) is 11.0. The zero-order valence-electron chi connectivity index (χ0n) is 9.75. The van der Waals surface area contributed by atoms with E-state index in [0.717, 1.165) is 6.07 Å². The third kappa shape index (κ3) is 2.85. The normalized spacial score (nSPS) is 10.4. The molecule has 0 aliphatic heterocycles. The van der Waals surface area contributed by atoms with Gasteiger partial charge in [-0.3, -0.25) is 0 Å². The van der Waals surface area contributed by atoms with Crippen molar-refractivity contribution in [2.24, 2.45) is 0 Å². The van der Waals surface area contributed by atoms with Gasteiger partial charge in [0.05, 0.1) is 16.3 Å². The van der Waals surface area contributed by atoms with Crippen molar-refractivity contribution in [2.75, 3.05) is 5.32 Å². The lowest BCUT2D eigenvalue weighted by atomic mass is 10.1. The second kappa shape index (κ2) is 5.42. The summed E-state index contributed by atoms with van der Waals surface area (Å²) in [6.45, 7) is 0. The third-order valence-corrected chi connectivity index (χ3v) is 2.78. The van der Waals surface area contributed by atoms with Crippen LogP contribution in [0.15, 0.2) is 30.3 Å². The van der Waals surface area contributed by atoms with E-state index in [1.165, 1.54) is 12.1 Å². The number of nitrogens with one attached hydrogen (secondary N) is 1. The Morgan fingerprint density at radius 3 is 2.30 bits per heavy atom. The molecule has 0 aliphatic rings. The van der Waals surface area contributed by atoms with Crippen LogP contribution in [0.5, 0.6) is 0 Å². The molecule has 2 N–H and O–H groups in total. The first-order chi connectivity index (χ1) is 9.38. The standard InChI is InChI=1S/C13H7ClF3NO2/c14-8-3-6(1-2-9(8)15)18-12-5-11(17)10(16)4-7(12)13(19)20/h1-5,18H,(H,19,20). The van der Waals surface area contributed by atoms with Crippen LogP contribution in [0.25, 0.3) is 0 Å².